The predicted molar refractivity (Wildman–Crippen MR) is 73.4 cm³/mol. The Morgan fingerprint density at radius 1 is 1.28 bits per heavy atom. The molecule has 0 saturated carbocycles. The van der Waals surface area contributed by atoms with Gasteiger partial charge in [0.05, 0.1) is 6.10 Å². The van der Waals surface area contributed by atoms with E-state index >= 15 is 0 Å². The van der Waals surface area contributed by atoms with Crippen molar-refractivity contribution in [2.75, 3.05) is 0 Å². The number of aryl methyl sites for hydroxylation is 1. The number of aldehydes is 1. The van der Waals surface area contributed by atoms with Crippen LogP contribution in [0, 0.1) is 6.92 Å². The smallest absolute Gasteiger partial charge is 0.169 e. The molecule has 4 heteroatoms. The second-order valence-corrected chi connectivity index (χ2v) is 5.47. The van der Waals surface area contributed by atoms with Crippen molar-refractivity contribution in [3.63, 3.8) is 0 Å². The quantitative estimate of drug-likeness (QED) is 0.787. The van der Waals surface area contributed by atoms with Gasteiger partial charge in [0.1, 0.15) is 16.5 Å². The molecule has 2 rings (SSSR count). The molecule has 0 atom stereocenters. The molecule has 0 unspecified atom stereocenters. The molecule has 0 fully saturated rings. The Balaban J connectivity index is 2.25. The van der Waals surface area contributed by atoms with E-state index in [0.29, 0.717) is 5.69 Å². The Morgan fingerprint density at radius 3 is 2.44 bits per heavy atom. The number of carbonyl (C=O) groups excluding carboxylic acids is 1. The van der Waals surface area contributed by atoms with E-state index < -0.39 is 0 Å². The summed E-state index contributed by atoms with van der Waals surface area (Å²) < 4.78 is 5.58. The minimum absolute atomic E-state index is 0.166. The van der Waals surface area contributed by atoms with Gasteiger partial charge in [-0.05, 0) is 45.0 Å². The van der Waals surface area contributed by atoms with E-state index in [9.17, 15) is 4.79 Å². The van der Waals surface area contributed by atoms with E-state index in [1.807, 2.05) is 45.0 Å². The van der Waals surface area contributed by atoms with Gasteiger partial charge in [-0.2, -0.15) is 0 Å². The first-order valence-electron chi connectivity index (χ1n) is 5.80. The molecule has 0 aliphatic carbocycles. The molecule has 0 spiro atoms. The van der Waals surface area contributed by atoms with Crippen molar-refractivity contribution in [1.29, 1.82) is 0 Å². The third-order valence-corrected chi connectivity index (χ3v) is 3.45. The van der Waals surface area contributed by atoms with Gasteiger partial charge in [-0.25, -0.2) is 4.98 Å². The van der Waals surface area contributed by atoms with Gasteiger partial charge in [-0.3, -0.25) is 4.79 Å². The summed E-state index contributed by atoms with van der Waals surface area (Å²) in [7, 11) is 0. The Morgan fingerprint density at radius 2 is 1.94 bits per heavy atom. The van der Waals surface area contributed by atoms with Crippen molar-refractivity contribution in [2.24, 2.45) is 0 Å². The Hall–Kier alpha value is -1.68. The maximum Gasteiger partial charge on any atom is 0.169 e. The number of aromatic nitrogens is 1. The molecule has 0 radical (unpaired) electrons. The summed E-state index contributed by atoms with van der Waals surface area (Å²) >= 11 is 1.53. The third-order valence-electron chi connectivity index (χ3n) is 2.42. The first-order valence-corrected chi connectivity index (χ1v) is 6.61. The highest BCUT2D eigenvalue weighted by Gasteiger charge is 2.08. The van der Waals surface area contributed by atoms with Crippen molar-refractivity contribution in [3.8, 4) is 16.3 Å². The summed E-state index contributed by atoms with van der Waals surface area (Å²) in [6.45, 7) is 5.89. The van der Waals surface area contributed by atoms with Crippen LogP contribution >= 0.6 is 11.3 Å². The summed E-state index contributed by atoms with van der Waals surface area (Å²) in [4.78, 5) is 16.0. The molecular formula is C14H15NO2S. The topological polar surface area (TPSA) is 39.2 Å². The SMILES string of the molecule is Cc1sc(-c2ccc(OC(C)C)cc2)nc1C=O. The molecule has 0 saturated heterocycles. The van der Waals surface area contributed by atoms with Crippen LogP contribution in [-0.2, 0) is 0 Å². The number of rotatable bonds is 4. The number of carbonyl (C=O) groups is 1. The lowest BCUT2D eigenvalue weighted by Gasteiger charge is -2.09. The van der Waals surface area contributed by atoms with Gasteiger partial charge in [-0.1, -0.05) is 0 Å². The van der Waals surface area contributed by atoms with Gasteiger partial charge in [0, 0.05) is 10.4 Å². The monoisotopic (exact) mass is 261 g/mol. The van der Waals surface area contributed by atoms with Crippen LogP contribution in [0.5, 0.6) is 5.75 Å². The highest BCUT2D eigenvalue weighted by Crippen LogP contribution is 2.28. The predicted octanol–water partition coefficient (Wildman–Crippen LogP) is 3.72. The average molecular weight is 261 g/mol. The summed E-state index contributed by atoms with van der Waals surface area (Å²) in [5, 5.41) is 0.866. The van der Waals surface area contributed by atoms with Crippen molar-refractivity contribution >= 4 is 17.6 Å². The second-order valence-electron chi connectivity index (χ2n) is 4.27. The zero-order valence-corrected chi connectivity index (χ0v) is 11.5. The minimum atomic E-state index is 0.166. The van der Waals surface area contributed by atoms with Crippen molar-refractivity contribution < 1.29 is 9.53 Å². The Labute approximate surface area is 110 Å². The highest BCUT2D eigenvalue weighted by atomic mass is 32.1. The first-order chi connectivity index (χ1) is 8.60. The number of nitrogens with zero attached hydrogens (tertiary/aromatic N) is 1. The fourth-order valence-electron chi connectivity index (χ4n) is 1.59. The number of hydrogen-bond donors (Lipinski definition) is 0. The molecule has 0 N–H and O–H groups in total. The van der Waals surface area contributed by atoms with Gasteiger partial charge in [0.25, 0.3) is 0 Å². The van der Waals surface area contributed by atoms with E-state index in [1.54, 1.807) is 0 Å². The lowest BCUT2D eigenvalue weighted by molar-refractivity contribution is 0.111. The van der Waals surface area contributed by atoms with Crippen LogP contribution in [-0.4, -0.2) is 17.4 Å². The lowest BCUT2D eigenvalue weighted by Crippen LogP contribution is -2.05. The molecule has 0 aliphatic rings. The van der Waals surface area contributed by atoms with Crippen LogP contribution in [0.15, 0.2) is 24.3 Å². The van der Waals surface area contributed by atoms with Crippen LogP contribution in [0.2, 0.25) is 0 Å². The fraction of sp³-hybridized carbons (Fsp3) is 0.286. The van der Waals surface area contributed by atoms with Crippen LogP contribution < -0.4 is 4.74 Å². The molecule has 2 aromatic rings. The minimum Gasteiger partial charge on any atom is -0.491 e. The first kappa shape index (κ1) is 12.8. The number of ether oxygens (including phenoxy) is 1. The Kier molecular flexibility index (Phi) is 3.77. The largest absolute Gasteiger partial charge is 0.491 e. The molecule has 0 bridgehead atoms. The van der Waals surface area contributed by atoms with Crippen LogP contribution in [0.3, 0.4) is 0 Å². The molecule has 0 amide bonds. The number of benzene rings is 1. The van der Waals surface area contributed by atoms with Crippen molar-refractivity contribution in [3.05, 3.63) is 34.8 Å². The van der Waals surface area contributed by atoms with E-state index in [0.717, 1.165) is 27.5 Å². The summed E-state index contributed by atoms with van der Waals surface area (Å²) in [5.74, 6) is 0.845. The summed E-state index contributed by atoms with van der Waals surface area (Å²) in [5.41, 5.74) is 1.53. The molecule has 3 nitrogen and oxygen atoms in total. The van der Waals surface area contributed by atoms with Gasteiger partial charge < -0.3 is 4.74 Å². The maximum atomic E-state index is 10.8. The van der Waals surface area contributed by atoms with Gasteiger partial charge >= 0.3 is 0 Å². The van der Waals surface area contributed by atoms with Crippen LogP contribution in [0.1, 0.15) is 29.2 Å². The molecule has 1 aromatic carbocycles. The molecule has 94 valence electrons. The van der Waals surface area contributed by atoms with Crippen LogP contribution in [0.4, 0.5) is 0 Å². The zero-order valence-electron chi connectivity index (χ0n) is 10.6. The molecule has 1 heterocycles. The summed E-state index contributed by atoms with van der Waals surface area (Å²) in [6, 6.07) is 7.77. The Bertz CT molecular complexity index is 543. The lowest BCUT2D eigenvalue weighted by atomic mass is 10.2. The highest BCUT2D eigenvalue weighted by molar-refractivity contribution is 7.15. The number of hydrogen-bond acceptors (Lipinski definition) is 4. The maximum absolute atomic E-state index is 10.8. The molecule has 1 aromatic heterocycles. The molecule has 0 aliphatic heterocycles. The molecular weight excluding hydrogens is 246 g/mol. The number of thiazole rings is 1. The standard InChI is InChI=1S/C14H15NO2S/c1-9(2)17-12-6-4-11(5-7-12)14-15-13(8-16)10(3)18-14/h4-9H,1-3H3. The van der Waals surface area contributed by atoms with E-state index in [1.165, 1.54) is 11.3 Å². The van der Waals surface area contributed by atoms with Crippen molar-refractivity contribution in [2.45, 2.75) is 26.9 Å². The van der Waals surface area contributed by atoms with Gasteiger partial charge in [0.2, 0.25) is 0 Å². The van der Waals surface area contributed by atoms with Gasteiger partial charge in [0.15, 0.2) is 6.29 Å². The summed E-state index contributed by atoms with van der Waals surface area (Å²) in [6.07, 6.45) is 0.964. The average Bonchev–Trinajstić information content (AvgIpc) is 2.71. The van der Waals surface area contributed by atoms with Crippen LogP contribution in [0.25, 0.3) is 10.6 Å². The third kappa shape index (κ3) is 2.76. The second kappa shape index (κ2) is 5.31. The normalized spacial score (nSPS) is 10.7. The fourth-order valence-corrected chi connectivity index (χ4v) is 2.48. The van der Waals surface area contributed by atoms with E-state index in [4.69, 9.17) is 4.74 Å². The van der Waals surface area contributed by atoms with E-state index in [-0.39, 0.29) is 6.10 Å². The van der Waals surface area contributed by atoms with Crippen molar-refractivity contribution in [1.82, 2.24) is 4.98 Å². The zero-order chi connectivity index (χ0) is 13.1. The van der Waals surface area contributed by atoms with Gasteiger partial charge in [-0.15, -0.1) is 11.3 Å². The van der Waals surface area contributed by atoms with E-state index in [2.05, 4.69) is 4.98 Å². The molecule has 18 heavy (non-hydrogen) atoms.